The van der Waals surface area contributed by atoms with Crippen LogP contribution in [0.5, 0.6) is 0 Å². The minimum absolute atomic E-state index is 0.0134. The summed E-state index contributed by atoms with van der Waals surface area (Å²) in [5.41, 5.74) is 0.863. The molecule has 0 aliphatic heterocycles. The standard InChI is InChI=1S/C17H26FNO2/c1-12(2)9-19(10-13(3)4)11-14-6-7-15(16(18)8-14)17(20)21-5/h6-8,12-13H,9-11H2,1-5H3. The number of rotatable bonds is 7. The van der Waals surface area contributed by atoms with E-state index in [2.05, 4.69) is 37.3 Å². The molecule has 0 N–H and O–H groups in total. The Balaban J connectivity index is 2.84. The van der Waals surface area contributed by atoms with Gasteiger partial charge in [-0.25, -0.2) is 9.18 Å². The van der Waals surface area contributed by atoms with E-state index in [0.717, 1.165) is 18.7 Å². The number of hydrogen-bond acceptors (Lipinski definition) is 3. The molecule has 0 heterocycles. The number of benzene rings is 1. The van der Waals surface area contributed by atoms with Crippen LogP contribution in [-0.4, -0.2) is 31.1 Å². The third-order valence-electron chi connectivity index (χ3n) is 3.09. The quantitative estimate of drug-likeness (QED) is 0.718. The Morgan fingerprint density at radius 2 is 1.76 bits per heavy atom. The fourth-order valence-electron chi connectivity index (χ4n) is 2.43. The van der Waals surface area contributed by atoms with Crippen molar-refractivity contribution in [2.75, 3.05) is 20.2 Å². The van der Waals surface area contributed by atoms with Gasteiger partial charge < -0.3 is 4.74 Å². The van der Waals surface area contributed by atoms with E-state index in [1.54, 1.807) is 6.07 Å². The maximum atomic E-state index is 13.9. The second kappa shape index (κ2) is 8.13. The lowest BCUT2D eigenvalue weighted by Crippen LogP contribution is -2.31. The first-order valence-electron chi connectivity index (χ1n) is 7.42. The fraction of sp³-hybridized carbons (Fsp3) is 0.588. The van der Waals surface area contributed by atoms with Crippen molar-refractivity contribution in [1.82, 2.24) is 4.90 Å². The van der Waals surface area contributed by atoms with Crippen LogP contribution in [-0.2, 0) is 11.3 Å². The summed E-state index contributed by atoms with van der Waals surface area (Å²) in [6, 6.07) is 4.72. The van der Waals surface area contributed by atoms with Crippen molar-refractivity contribution >= 4 is 5.97 Å². The van der Waals surface area contributed by atoms with Gasteiger partial charge in [-0.2, -0.15) is 0 Å². The number of methoxy groups -OCH3 is 1. The summed E-state index contributed by atoms with van der Waals surface area (Å²) in [4.78, 5) is 13.7. The van der Waals surface area contributed by atoms with E-state index in [-0.39, 0.29) is 5.56 Å². The van der Waals surface area contributed by atoms with E-state index >= 15 is 0 Å². The predicted molar refractivity (Wildman–Crippen MR) is 82.7 cm³/mol. The Kier molecular flexibility index (Phi) is 6.82. The van der Waals surface area contributed by atoms with Crippen LogP contribution in [0.1, 0.15) is 43.6 Å². The van der Waals surface area contributed by atoms with Crippen molar-refractivity contribution in [1.29, 1.82) is 0 Å². The number of nitrogens with zero attached hydrogens (tertiary/aromatic N) is 1. The lowest BCUT2D eigenvalue weighted by atomic mass is 10.1. The molecule has 0 fully saturated rings. The zero-order valence-electron chi connectivity index (χ0n) is 13.6. The molecule has 0 saturated carbocycles. The molecule has 0 atom stereocenters. The topological polar surface area (TPSA) is 29.5 Å². The molecule has 0 unspecified atom stereocenters. The van der Waals surface area contributed by atoms with Crippen molar-refractivity contribution in [2.24, 2.45) is 11.8 Å². The Hall–Kier alpha value is -1.42. The number of ether oxygens (including phenoxy) is 1. The SMILES string of the molecule is COC(=O)c1ccc(CN(CC(C)C)CC(C)C)cc1F. The van der Waals surface area contributed by atoms with Crippen molar-refractivity contribution in [3.05, 3.63) is 35.1 Å². The maximum Gasteiger partial charge on any atom is 0.340 e. The molecular weight excluding hydrogens is 269 g/mol. The molecule has 0 aliphatic carbocycles. The van der Waals surface area contributed by atoms with Crippen LogP contribution >= 0.6 is 0 Å². The normalized spacial score (nSPS) is 11.5. The van der Waals surface area contributed by atoms with Gasteiger partial charge in [0, 0.05) is 19.6 Å². The third-order valence-corrected chi connectivity index (χ3v) is 3.09. The van der Waals surface area contributed by atoms with Crippen LogP contribution in [0.3, 0.4) is 0 Å². The summed E-state index contributed by atoms with van der Waals surface area (Å²) in [6.07, 6.45) is 0. The number of carbonyl (C=O) groups excluding carboxylic acids is 1. The highest BCUT2D eigenvalue weighted by atomic mass is 19.1. The van der Waals surface area contributed by atoms with Gasteiger partial charge in [-0.15, -0.1) is 0 Å². The Labute approximate surface area is 127 Å². The molecule has 0 radical (unpaired) electrons. The monoisotopic (exact) mass is 295 g/mol. The van der Waals surface area contributed by atoms with Gasteiger partial charge in [-0.3, -0.25) is 4.90 Å². The lowest BCUT2D eigenvalue weighted by molar-refractivity contribution is 0.0595. The molecule has 21 heavy (non-hydrogen) atoms. The minimum atomic E-state index is -0.639. The zero-order chi connectivity index (χ0) is 16.0. The molecule has 1 aromatic carbocycles. The Bertz CT molecular complexity index is 462. The van der Waals surface area contributed by atoms with E-state index in [1.807, 2.05) is 0 Å². The molecule has 0 aliphatic rings. The summed E-state index contributed by atoms with van der Waals surface area (Å²) in [5.74, 6) is -0.0421. The second-order valence-electron chi connectivity index (χ2n) is 6.29. The van der Waals surface area contributed by atoms with Gasteiger partial charge in [0.2, 0.25) is 0 Å². The smallest absolute Gasteiger partial charge is 0.340 e. The van der Waals surface area contributed by atoms with E-state index in [4.69, 9.17) is 0 Å². The van der Waals surface area contributed by atoms with Gasteiger partial charge in [0.1, 0.15) is 5.82 Å². The van der Waals surface area contributed by atoms with E-state index < -0.39 is 11.8 Å². The molecule has 0 bridgehead atoms. The summed E-state index contributed by atoms with van der Waals surface area (Å²) in [7, 11) is 1.25. The Morgan fingerprint density at radius 1 is 1.19 bits per heavy atom. The largest absolute Gasteiger partial charge is 0.465 e. The van der Waals surface area contributed by atoms with Crippen molar-refractivity contribution in [2.45, 2.75) is 34.2 Å². The van der Waals surface area contributed by atoms with Crippen LogP contribution < -0.4 is 0 Å². The predicted octanol–water partition coefficient (Wildman–Crippen LogP) is 3.73. The minimum Gasteiger partial charge on any atom is -0.465 e. The molecule has 0 saturated heterocycles. The highest BCUT2D eigenvalue weighted by Crippen LogP contribution is 2.15. The van der Waals surface area contributed by atoms with E-state index in [9.17, 15) is 9.18 Å². The van der Waals surface area contributed by atoms with Gasteiger partial charge in [0.15, 0.2) is 0 Å². The average molecular weight is 295 g/mol. The maximum absolute atomic E-state index is 13.9. The molecule has 3 nitrogen and oxygen atoms in total. The van der Waals surface area contributed by atoms with Crippen LogP contribution in [0.25, 0.3) is 0 Å². The summed E-state index contributed by atoms with van der Waals surface area (Å²) >= 11 is 0. The first-order chi connectivity index (χ1) is 9.83. The van der Waals surface area contributed by atoms with Crippen LogP contribution in [0.15, 0.2) is 18.2 Å². The highest BCUT2D eigenvalue weighted by molar-refractivity contribution is 5.89. The molecule has 4 heteroatoms. The number of hydrogen-bond donors (Lipinski definition) is 0. The van der Waals surface area contributed by atoms with Gasteiger partial charge in [0.05, 0.1) is 12.7 Å². The molecule has 0 spiro atoms. The van der Waals surface area contributed by atoms with Gasteiger partial charge in [-0.05, 0) is 29.5 Å². The van der Waals surface area contributed by atoms with Crippen LogP contribution in [0.4, 0.5) is 4.39 Å². The van der Waals surface area contributed by atoms with Crippen molar-refractivity contribution in [3.63, 3.8) is 0 Å². The van der Waals surface area contributed by atoms with Crippen molar-refractivity contribution < 1.29 is 13.9 Å². The summed E-state index contributed by atoms with van der Waals surface area (Å²) < 4.78 is 18.5. The first-order valence-corrected chi connectivity index (χ1v) is 7.42. The van der Waals surface area contributed by atoms with Crippen LogP contribution in [0.2, 0.25) is 0 Å². The molecule has 0 aromatic heterocycles. The van der Waals surface area contributed by atoms with Gasteiger partial charge in [0.25, 0.3) is 0 Å². The van der Waals surface area contributed by atoms with Crippen molar-refractivity contribution in [3.8, 4) is 0 Å². The second-order valence-corrected chi connectivity index (χ2v) is 6.29. The highest BCUT2D eigenvalue weighted by Gasteiger charge is 2.15. The number of carbonyl (C=O) groups is 1. The zero-order valence-corrected chi connectivity index (χ0v) is 13.6. The number of halogens is 1. The summed E-state index contributed by atoms with van der Waals surface area (Å²) in [5, 5.41) is 0. The number of esters is 1. The lowest BCUT2D eigenvalue weighted by Gasteiger charge is -2.26. The molecule has 118 valence electrons. The molecule has 1 aromatic rings. The fourth-order valence-corrected chi connectivity index (χ4v) is 2.43. The van der Waals surface area contributed by atoms with Gasteiger partial charge in [-0.1, -0.05) is 33.8 Å². The van der Waals surface area contributed by atoms with Crippen LogP contribution in [0, 0.1) is 17.7 Å². The third kappa shape index (κ3) is 5.84. The van der Waals surface area contributed by atoms with Gasteiger partial charge >= 0.3 is 5.97 Å². The first kappa shape index (κ1) is 17.6. The summed E-state index contributed by atoms with van der Waals surface area (Å²) in [6.45, 7) is 11.3. The molecular formula is C17H26FNO2. The molecule has 0 amide bonds. The van der Waals surface area contributed by atoms with E-state index in [0.29, 0.717) is 18.4 Å². The molecule has 1 rings (SSSR count). The average Bonchev–Trinajstić information content (AvgIpc) is 2.36. The Morgan fingerprint density at radius 3 is 2.19 bits per heavy atom. The van der Waals surface area contributed by atoms with E-state index in [1.165, 1.54) is 19.2 Å².